The van der Waals surface area contributed by atoms with E-state index in [1.807, 2.05) is 6.92 Å². The van der Waals surface area contributed by atoms with Crippen molar-refractivity contribution in [1.82, 2.24) is 0 Å². The Balaban J connectivity index is 0.000000354. The van der Waals surface area contributed by atoms with Crippen molar-refractivity contribution in [3.63, 3.8) is 0 Å². The number of fused-ring (bicyclic) bond motifs is 2. The van der Waals surface area contributed by atoms with Crippen molar-refractivity contribution in [1.29, 1.82) is 0 Å². The zero-order valence-corrected chi connectivity index (χ0v) is 18.4. The van der Waals surface area contributed by atoms with Crippen LogP contribution in [0.25, 0.3) is 21.5 Å². The van der Waals surface area contributed by atoms with E-state index in [0.717, 1.165) is 0 Å². The van der Waals surface area contributed by atoms with E-state index in [1.54, 1.807) is 0 Å². The molecule has 0 saturated carbocycles. The second kappa shape index (κ2) is 17.2. The first-order valence-electron chi connectivity index (χ1n) is 8.42. The fourth-order valence-electron chi connectivity index (χ4n) is 2.14. The molecule has 27 heavy (non-hydrogen) atoms. The normalized spacial score (nSPS) is 8.22. The fourth-order valence-corrected chi connectivity index (χ4v) is 2.14. The van der Waals surface area contributed by atoms with Crippen molar-refractivity contribution in [3.8, 4) is 0 Å². The first kappa shape index (κ1) is 24.8. The van der Waals surface area contributed by atoms with Gasteiger partial charge in [0.15, 0.2) is 0 Å². The Morgan fingerprint density at radius 2 is 1.04 bits per heavy atom. The smallest absolute Gasteiger partial charge is 0.0809 e. The molecule has 4 aromatic rings. The van der Waals surface area contributed by atoms with Crippen LogP contribution in [-0.4, -0.2) is 16.3 Å². The van der Waals surface area contributed by atoms with Crippen molar-refractivity contribution in [2.24, 2.45) is 0 Å². The molecular weight excluding hydrogens is 411 g/mol. The van der Waals surface area contributed by atoms with Gasteiger partial charge in [-0.3, -0.25) is 12.6 Å². The molecule has 0 aromatic heterocycles. The van der Waals surface area contributed by atoms with E-state index in [4.69, 9.17) is 9.59 Å². The van der Waals surface area contributed by atoms with Gasteiger partial charge >= 0.3 is 34.9 Å². The summed E-state index contributed by atoms with van der Waals surface area (Å²) in [7, 11) is 0. The van der Waals surface area contributed by atoms with E-state index in [2.05, 4.69) is 88.6 Å². The number of rotatable bonds is 0. The van der Waals surface area contributed by atoms with Crippen molar-refractivity contribution < 1.29 is 33.8 Å². The number of hydrogen-bond donors (Lipinski definition) is 0. The number of hydrogen-bond acceptors (Lipinski definition) is 2. The van der Waals surface area contributed by atoms with Crippen LogP contribution in [0.3, 0.4) is 0 Å². The summed E-state index contributed by atoms with van der Waals surface area (Å²) >= 11 is 1.51. The van der Waals surface area contributed by atoms with E-state index >= 15 is 0 Å². The second-order valence-electron chi connectivity index (χ2n) is 5.01. The minimum atomic E-state index is 1.32. The third-order valence-electron chi connectivity index (χ3n) is 3.10. The average Bonchev–Trinajstić information content (AvgIpc) is 3.33. The number of carbonyl (C=O) groups excluding carboxylic acids is 2. The summed E-state index contributed by atoms with van der Waals surface area (Å²) < 4.78 is 2.09. The third-order valence-corrected chi connectivity index (χ3v) is 3.10. The molecule has 4 aromatic carbocycles. The summed E-state index contributed by atoms with van der Waals surface area (Å²) in [6.45, 7) is 4.68. The van der Waals surface area contributed by atoms with Gasteiger partial charge in [-0.05, 0) is 0 Å². The van der Waals surface area contributed by atoms with E-state index in [9.17, 15) is 0 Å². The van der Waals surface area contributed by atoms with Crippen molar-refractivity contribution in [2.45, 2.75) is 20.8 Å². The van der Waals surface area contributed by atoms with Crippen molar-refractivity contribution in [2.75, 3.05) is 0 Å². The van der Waals surface area contributed by atoms with Crippen molar-refractivity contribution in [3.05, 3.63) is 84.9 Å². The molecule has 0 bridgehead atoms. The zero-order valence-electron chi connectivity index (χ0n) is 16.0. The molecular formula is C24H24O2Zr-4. The molecule has 0 aliphatic carbocycles. The minimum Gasteiger partial charge on any atom is -0.168 e. The summed E-state index contributed by atoms with van der Waals surface area (Å²) in [5.41, 5.74) is 0. The summed E-state index contributed by atoms with van der Waals surface area (Å²) in [6.07, 6.45) is 3.00. The Morgan fingerprint density at radius 3 is 1.33 bits per heavy atom. The summed E-state index contributed by atoms with van der Waals surface area (Å²) in [5, 5.41) is 5.32. The first-order chi connectivity index (χ1) is 13.2. The van der Waals surface area contributed by atoms with Crippen LogP contribution in [-0.2, 0) is 33.8 Å². The van der Waals surface area contributed by atoms with Crippen LogP contribution in [0.5, 0.6) is 0 Å². The Morgan fingerprint density at radius 1 is 0.741 bits per heavy atom. The molecule has 0 spiro atoms. The van der Waals surface area contributed by atoms with Gasteiger partial charge in [0.1, 0.15) is 0 Å². The largest absolute Gasteiger partial charge is 0.168 e. The van der Waals surface area contributed by atoms with Gasteiger partial charge in [0.2, 0.25) is 0 Å². The van der Waals surface area contributed by atoms with Crippen LogP contribution in [0.4, 0.5) is 0 Å². The molecule has 0 atom stereocenters. The van der Waals surface area contributed by atoms with E-state index < -0.39 is 0 Å². The topological polar surface area (TPSA) is 34.1 Å². The molecule has 140 valence electrons. The predicted octanol–water partition coefficient (Wildman–Crippen LogP) is 5.70. The second-order valence-corrected chi connectivity index (χ2v) is 6.43. The molecule has 0 N–H and O–H groups in total. The Kier molecular flexibility index (Phi) is 15.8. The van der Waals surface area contributed by atoms with Gasteiger partial charge < -0.3 is 9.59 Å². The molecule has 0 fully saturated rings. The van der Waals surface area contributed by atoms with E-state index in [-0.39, 0.29) is 0 Å². The number of benzene rings is 2. The maximum absolute atomic E-state index is 8.68. The molecule has 0 amide bonds. The molecule has 3 heteroatoms. The maximum Gasteiger partial charge on any atom is -0.0809 e. The Labute approximate surface area is 176 Å². The molecule has 0 aliphatic rings. The molecule has 0 unspecified atom stereocenters. The Bertz CT molecular complexity index is 747. The molecule has 0 radical (unpaired) electrons. The summed E-state index contributed by atoms with van der Waals surface area (Å²) in [6, 6.07) is 29.3. The summed E-state index contributed by atoms with van der Waals surface area (Å²) in [5.74, 6) is 0. The Hall–Kier alpha value is -2.25. The van der Waals surface area contributed by atoms with Gasteiger partial charge in [-0.1, -0.05) is 12.1 Å². The van der Waals surface area contributed by atoms with Crippen LogP contribution in [0.1, 0.15) is 20.8 Å². The standard InChI is InChI=1S/2C9H7.2C2H3O.C2H4.Zr/c2*1-2-5-9-7-3-6-8(9)4-1;2*1-2-3;1-2;/h2*1-7H;2*1H3;1H,2H3;/q4*-1;;. The quantitative estimate of drug-likeness (QED) is 0.332. The monoisotopic (exact) mass is 434 g/mol. The van der Waals surface area contributed by atoms with Crippen molar-refractivity contribution >= 4 is 37.8 Å². The molecule has 4 rings (SSSR count). The fraction of sp³-hybridized carbons (Fsp3) is 0.125. The minimum absolute atomic E-state index is 1.32. The van der Waals surface area contributed by atoms with Gasteiger partial charge in [-0.2, -0.15) is 48.9 Å². The van der Waals surface area contributed by atoms with Crippen LogP contribution >= 0.6 is 0 Å². The van der Waals surface area contributed by atoms with E-state index in [1.165, 1.54) is 72.2 Å². The van der Waals surface area contributed by atoms with Gasteiger partial charge in [0, 0.05) is 0 Å². The van der Waals surface area contributed by atoms with Crippen LogP contribution in [0.15, 0.2) is 84.9 Å². The zero-order chi connectivity index (χ0) is 20.3. The molecule has 0 aliphatic heterocycles. The van der Waals surface area contributed by atoms with Gasteiger partial charge in [-0.15, -0.1) is 59.3 Å². The van der Waals surface area contributed by atoms with E-state index in [0.29, 0.717) is 0 Å². The van der Waals surface area contributed by atoms with Gasteiger partial charge in [0.05, 0.1) is 0 Å². The van der Waals surface area contributed by atoms with Crippen LogP contribution < -0.4 is 0 Å². The van der Waals surface area contributed by atoms with Gasteiger partial charge in [0.25, 0.3) is 0 Å². The SMILES string of the molecule is C[C-]=O.C[C-]=O.C[CH]=[Zr].c1ccc2[cH-]ccc2c1.c1ccc2[cH-]ccc2c1. The predicted molar refractivity (Wildman–Crippen MR) is 114 cm³/mol. The molecule has 0 saturated heterocycles. The molecule has 0 heterocycles. The molecule has 2 nitrogen and oxygen atoms in total. The average molecular weight is 436 g/mol. The van der Waals surface area contributed by atoms with Crippen LogP contribution in [0, 0.1) is 0 Å². The maximum atomic E-state index is 8.68. The van der Waals surface area contributed by atoms with Gasteiger partial charge in [-0.25, -0.2) is 0 Å². The third kappa shape index (κ3) is 11.1. The summed E-state index contributed by atoms with van der Waals surface area (Å²) in [4.78, 5) is 17.4. The van der Waals surface area contributed by atoms with Crippen LogP contribution in [0.2, 0.25) is 0 Å². The first-order valence-corrected chi connectivity index (χ1v) is 9.84.